The summed E-state index contributed by atoms with van der Waals surface area (Å²) in [7, 11) is 1.44. The van der Waals surface area contributed by atoms with Gasteiger partial charge in [0.25, 0.3) is 5.91 Å². The smallest absolute Gasteiger partial charge is 0.262 e. The molecule has 0 aliphatic carbocycles. The van der Waals surface area contributed by atoms with Crippen LogP contribution < -0.4 is 5.84 Å². The minimum Gasteiger partial charge on any atom is -0.367 e. The molecule has 4 nitrogen and oxygen atoms in total. The van der Waals surface area contributed by atoms with Crippen LogP contribution in [-0.4, -0.2) is 24.6 Å². The fourth-order valence-corrected chi connectivity index (χ4v) is 0.985. The van der Waals surface area contributed by atoms with E-state index in [9.17, 15) is 9.18 Å². The lowest BCUT2D eigenvalue weighted by Gasteiger charge is -2.09. The Morgan fingerprint density at radius 1 is 1.60 bits per heavy atom. The van der Waals surface area contributed by atoms with Gasteiger partial charge in [0.2, 0.25) is 0 Å². The van der Waals surface area contributed by atoms with E-state index in [-0.39, 0.29) is 24.9 Å². The topological polar surface area (TPSA) is 55.6 Å². The summed E-state index contributed by atoms with van der Waals surface area (Å²) >= 11 is 0. The maximum atomic E-state index is 12.7. The molecule has 0 heterocycles. The van der Waals surface area contributed by atoms with Gasteiger partial charge in [-0.3, -0.25) is 9.80 Å². The number of ether oxygens (including phenoxy) is 1. The molecule has 1 aromatic carbocycles. The van der Waals surface area contributed by atoms with Gasteiger partial charge < -0.3 is 4.74 Å². The number of hydrazine groups is 1. The number of likely N-dealkylation sites (N-methyl/N-ethyl adjacent to an activating group) is 1. The summed E-state index contributed by atoms with van der Waals surface area (Å²) in [4.78, 5) is 11.0. The zero-order valence-corrected chi connectivity index (χ0v) is 8.44. The summed E-state index contributed by atoms with van der Waals surface area (Å²) in [5.74, 6) is 4.53. The van der Waals surface area contributed by atoms with Gasteiger partial charge >= 0.3 is 0 Å². The highest BCUT2D eigenvalue weighted by atomic mass is 19.1. The SMILES string of the molecule is CN(N)C(=O)COCc1cccc(F)c1. The minimum absolute atomic E-state index is 0.108. The quantitative estimate of drug-likeness (QED) is 0.453. The lowest BCUT2D eigenvalue weighted by Crippen LogP contribution is -2.35. The molecule has 0 fully saturated rings. The summed E-state index contributed by atoms with van der Waals surface area (Å²) in [6.07, 6.45) is 0. The molecule has 82 valence electrons. The molecule has 0 aliphatic heterocycles. The van der Waals surface area contributed by atoms with Crippen LogP contribution in [0.25, 0.3) is 0 Å². The predicted octanol–water partition coefficient (Wildman–Crippen LogP) is 0.674. The van der Waals surface area contributed by atoms with Crippen molar-refractivity contribution < 1.29 is 13.9 Å². The number of halogens is 1. The van der Waals surface area contributed by atoms with Gasteiger partial charge in [0.1, 0.15) is 12.4 Å². The number of hydrogen-bond donors (Lipinski definition) is 1. The fourth-order valence-electron chi connectivity index (χ4n) is 0.985. The maximum Gasteiger partial charge on any atom is 0.262 e. The van der Waals surface area contributed by atoms with Crippen molar-refractivity contribution in [2.75, 3.05) is 13.7 Å². The summed E-state index contributed by atoms with van der Waals surface area (Å²) in [6.45, 7) is 0.0842. The van der Waals surface area contributed by atoms with Gasteiger partial charge in [-0.05, 0) is 17.7 Å². The Bertz CT molecular complexity index is 342. The third-order valence-electron chi connectivity index (χ3n) is 1.78. The van der Waals surface area contributed by atoms with Crippen LogP contribution in [0, 0.1) is 5.82 Å². The van der Waals surface area contributed by atoms with E-state index >= 15 is 0 Å². The Morgan fingerprint density at radius 3 is 2.93 bits per heavy atom. The summed E-state index contributed by atoms with van der Waals surface area (Å²) in [5.41, 5.74) is 0.683. The first-order chi connectivity index (χ1) is 7.09. The number of carbonyl (C=O) groups is 1. The van der Waals surface area contributed by atoms with E-state index in [0.717, 1.165) is 5.01 Å². The molecule has 2 N–H and O–H groups in total. The van der Waals surface area contributed by atoms with Crippen LogP contribution in [0.15, 0.2) is 24.3 Å². The van der Waals surface area contributed by atoms with E-state index in [1.165, 1.54) is 19.2 Å². The average Bonchev–Trinajstić information content (AvgIpc) is 2.17. The highest BCUT2D eigenvalue weighted by Gasteiger charge is 2.04. The van der Waals surface area contributed by atoms with Crippen molar-refractivity contribution in [1.82, 2.24) is 5.01 Å². The van der Waals surface area contributed by atoms with Crippen molar-refractivity contribution >= 4 is 5.91 Å². The standard InChI is InChI=1S/C10H13FN2O2/c1-13(12)10(14)7-15-6-8-3-2-4-9(11)5-8/h2-5H,6-7,12H2,1H3. The van der Waals surface area contributed by atoms with Crippen molar-refractivity contribution in [3.8, 4) is 0 Å². The molecule has 0 bridgehead atoms. The second kappa shape index (κ2) is 5.43. The van der Waals surface area contributed by atoms with E-state index < -0.39 is 0 Å². The molecule has 0 spiro atoms. The molecular weight excluding hydrogens is 199 g/mol. The van der Waals surface area contributed by atoms with Gasteiger partial charge in [-0.1, -0.05) is 12.1 Å². The zero-order valence-electron chi connectivity index (χ0n) is 8.44. The van der Waals surface area contributed by atoms with Gasteiger partial charge in [0, 0.05) is 7.05 Å². The Morgan fingerprint density at radius 2 is 2.33 bits per heavy atom. The molecule has 1 aromatic rings. The molecule has 0 saturated heterocycles. The molecule has 0 aromatic heterocycles. The van der Waals surface area contributed by atoms with E-state index in [1.807, 2.05) is 0 Å². The monoisotopic (exact) mass is 212 g/mol. The van der Waals surface area contributed by atoms with Crippen molar-refractivity contribution in [2.24, 2.45) is 5.84 Å². The van der Waals surface area contributed by atoms with Crippen LogP contribution >= 0.6 is 0 Å². The van der Waals surface area contributed by atoms with Crippen LogP contribution in [0.5, 0.6) is 0 Å². The van der Waals surface area contributed by atoms with Crippen molar-refractivity contribution in [1.29, 1.82) is 0 Å². The second-order valence-corrected chi connectivity index (χ2v) is 3.13. The van der Waals surface area contributed by atoms with Crippen LogP contribution in [-0.2, 0) is 16.1 Å². The first-order valence-corrected chi connectivity index (χ1v) is 4.43. The molecule has 1 amide bonds. The third kappa shape index (κ3) is 4.05. The fraction of sp³-hybridized carbons (Fsp3) is 0.300. The van der Waals surface area contributed by atoms with Crippen LogP contribution in [0.4, 0.5) is 4.39 Å². The van der Waals surface area contributed by atoms with Crippen molar-refractivity contribution in [3.63, 3.8) is 0 Å². The predicted molar refractivity (Wildman–Crippen MR) is 53.0 cm³/mol. The molecule has 0 aliphatic rings. The van der Waals surface area contributed by atoms with E-state index in [2.05, 4.69) is 0 Å². The average molecular weight is 212 g/mol. The second-order valence-electron chi connectivity index (χ2n) is 3.13. The number of benzene rings is 1. The van der Waals surface area contributed by atoms with Crippen molar-refractivity contribution in [3.05, 3.63) is 35.6 Å². The first kappa shape index (κ1) is 11.6. The van der Waals surface area contributed by atoms with Gasteiger partial charge in [0.05, 0.1) is 6.61 Å². The number of amides is 1. The molecule has 0 radical (unpaired) electrons. The van der Waals surface area contributed by atoms with Crippen LogP contribution in [0.2, 0.25) is 0 Å². The molecule has 15 heavy (non-hydrogen) atoms. The van der Waals surface area contributed by atoms with Crippen LogP contribution in [0.3, 0.4) is 0 Å². The Hall–Kier alpha value is -1.46. The molecule has 0 saturated carbocycles. The summed E-state index contributed by atoms with van der Waals surface area (Å²) < 4.78 is 17.8. The Labute approximate surface area is 87.4 Å². The van der Waals surface area contributed by atoms with E-state index in [0.29, 0.717) is 5.56 Å². The Balaban J connectivity index is 2.35. The van der Waals surface area contributed by atoms with Gasteiger partial charge in [-0.25, -0.2) is 10.2 Å². The lowest BCUT2D eigenvalue weighted by molar-refractivity contribution is -0.135. The van der Waals surface area contributed by atoms with E-state index in [1.54, 1.807) is 12.1 Å². The number of rotatable bonds is 4. The zero-order chi connectivity index (χ0) is 11.3. The molecule has 1 rings (SSSR count). The third-order valence-corrected chi connectivity index (χ3v) is 1.78. The normalized spacial score (nSPS) is 10.1. The number of nitrogens with zero attached hydrogens (tertiary/aromatic N) is 1. The summed E-state index contributed by atoms with van der Waals surface area (Å²) in [5, 5.41) is 0.950. The summed E-state index contributed by atoms with van der Waals surface area (Å²) in [6, 6.07) is 6.02. The molecule has 0 unspecified atom stereocenters. The number of nitrogens with two attached hydrogens (primary N) is 1. The van der Waals surface area contributed by atoms with E-state index in [4.69, 9.17) is 10.6 Å². The number of carbonyl (C=O) groups excluding carboxylic acids is 1. The lowest BCUT2D eigenvalue weighted by atomic mass is 10.2. The Kier molecular flexibility index (Phi) is 4.20. The molecule has 0 atom stereocenters. The largest absolute Gasteiger partial charge is 0.367 e. The highest BCUT2D eigenvalue weighted by molar-refractivity contribution is 5.76. The van der Waals surface area contributed by atoms with Gasteiger partial charge in [-0.2, -0.15) is 0 Å². The van der Waals surface area contributed by atoms with Crippen LogP contribution in [0.1, 0.15) is 5.56 Å². The van der Waals surface area contributed by atoms with Gasteiger partial charge in [-0.15, -0.1) is 0 Å². The maximum absolute atomic E-state index is 12.7. The number of hydrogen-bond acceptors (Lipinski definition) is 3. The first-order valence-electron chi connectivity index (χ1n) is 4.43. The highest BCUT2D eigenvalue weighted by Crippen LogP contribution is 2.04. The van der Waals surface area contributed by atoms with Crippen molar-refractivity contribution in [2.45, 2.75) is 6.61 Å². The van der Waals surface area contributed by atoms with Gasteiger partial charge in [0.15, 0.2) is 0 Å². The molecular formula is C10H13FN2O2. The molecule has 5 heteroatoms. The minimum atomic E-state index is -0.327.